The molecule has 0 atom stereocenters. The number of ketones is 1. The van der Waals surface area contributed by atoms with Crippen LogP contribution in [0.4, 0.5) is 0 Å². The average Bonchev–Trinajstić information content (AvgIpc) is 2.27. The summed E-state index contributed by atoms with van der Waals surface area (Å²) in [6, 6.07) is 7.22. The Labute approximate surface area is 105 Å². The van der Waals surface area contributed by atoms with Crippen LogP contribution < -0.4 is 4.43 Å². The molecule has 0 unspecified atom stereocenters. The fraction of sp³-hybridized carbons (Fsp3) is 0.462. The zero-order valence-electron chi connectivity index (χ0n) is 11.0. The van der Waals surface area contributed by atoms with Gasteiger partial charge in [0.25, 0.3) is 0 Å². The summed E-state index contributed by atoms with van der Waals surface area (Å²) in [6.07, 6.45) is 0. The lowest BCUT2D eigenvalue weighted by atomic mass is 9.86. The normalized spacial score (nSPS) is 11.6. The molecule has 93 valence electrons. The van der Waals surface area contributed by atoms with Crippen molar-refractivity contribution in [3.05, 3.63) is 29.8 Å². The van der Waals surface area contributed by atoms with Crippen LogP contribution in [-0.2, 0) is 4.43 Å². The highest BCUT2D eigenvalue weighted by atomic mass is 28.3. The molecule has 17 heavy (non-hydrogen) atoms. The van der Waals surface area contributed by atoms with Crippen molar-refractivity contribution >= 4 is 15.1 Å². The maximum Gasteiger partial charge on any atom is 0.454 e. The molecule has 0 fully saturated rings. The van der Waals surface area contributed by atoms with Gasteiger partial charge in [-0.1, -0.05) is 20.8 Å². The Bertz CT molecular complexity index is 379. The zero-order chi connectivity index (χ0) is 13.1. The second kappa shape index (κ2) is 5.47. The summed E-state index contributed by atoms with van der Waals surface area (Å²) in [5.41, 5.74) is 0.362. The van der Waals surface area contributed by atoms with Gasteiger partial charge in [0.2, 0.25) is 0 Å². The number of carbonyl (C=O) groups excluding carboxylic acids is 1. The van der Waals surface area contributed by atoms with Crippen LogP contribution in [0, 0.1) is 5.41 Å². The minimum atomic E-state index is -1.23. The molecule has 3 nitrogen and oxygen atoms in total. The van der Waals surface area contributed by atoms with Gasteiger partial charge in [0.1, 0.15) is 5.75 Å². The van der Waals surface area contributed by atoms with Gasteiger partial charge in [-0.3, -0.25) is 4.79 Å². The van der Waals surface area contributed by atoms with E-state index in [9.17, 15) is 4.79 Å². The predicted molar refractivity (Wildman–Crippen MR) is 69.5 cm³/mol. The Morgan fingerprint density at radius 3 is 2.12 bits per heavy atom. The van der Waals surface area contributed by atoms with E-state index < -0.39 is 9.28 Å². The first-order chi connectivity index (χ1) is 7.84. The molecule has 1 radical (unpaired) electrons. The van der Waals surface area contributed by atoms with Crippen LogP contribution in [0.5, 0.6) is 5.75 Å². The van der Waals surface area contributed by atoms with Gasteiger partial charge in [0.05, 0.1) is 0 Å². The first-order valence-electron chi connectivity index (χ1n) is 5.55. The van der Waals surface area contributed by atoms with Gasteiger partial charge in [-0.2, -0.15) is 0 Å². The molecule has 0 aliphatic heterocycles. The van der Waals surface area contributed by atoms with Crippen molar-refractivity contribution < 1.29 is 13.6 Å². The van der Waals surface area contributed by atoms with Gasteiger partial charge in [0, 0.05) is 18.1 Å². The van der Waals surface area contributed by atoms with Crippen LogP contribution in [-0.4, -0.2) is 22.2 Å². The lowest BCUT2D eigenvalue weighted by molar-refractivity contribution is 0.0858. The molecule has 0 amide bonds. The van der Waals surface area contributed by atoms with Gasteiger partial charge < -0.3 is 8.85 Å². The van der Waals surface area contributed by atoms with Crippen molar-refractivity contribution in [3.63, 3.8) is 0 Å². The first-order valence-corrected chi connectivity index (χ1v) is 7.36. The largest absolute Gasteiger partial charge is 0.519 e. The standard InChI is InChI=1S/C13H19O3Si/c1-13(2,3)12(14)10-6-8-11(9-7-10)16-17(5)15-4/h6-9H,1-5H3. The minimum Gasteiger partial charge on any atom is -0.519 e. The smallest absolute Gasteiger partial charge is 0.454 e. The fourth-order valence-electron chi connectivity index (χ4n) is 1.31. The quantitative estimate of drug-likeness (QED) is 0.609. The Hall–Kier alpha value is -1.13. The summed E-state index contributed by atoms with van der Waals surface area (Å²) >= 11 is 0. The molecule has 0 saturated heterocycles. The van der Waals surface area contributed by atoms with Crippen molar-refractivity contribution in [1.29, 1.82) is 0 Å². The van der Waals surface area contributed by atoms with Crippen LogP contribution in [0.1, 0.15) is 31.1 Å². The predicted octanol–water partition coefficient (Wildman–Crippen LogP) is 3.06. The molecule has 0 saturated carbocycles. The molecule has 0 heterocycles. The molecule has 1 aromatic rings. The second-order valence-corrected chi connectivity index (χ2v) is 6.50. The van der Waals surface area contributed by atoms with E-state index in [4.69, 9.17) is 8.85 Å². The Balaban J connectivity index is 2.78. The highest BCUT2D eigenvalue weighted by Gasteiger charge is 2.22. The van der Waals surface area contributed by atoms with Crippen LogP contribution in [0.2, 0.25) is 6.55 Å². The Kier molecular flexibility index (Phi) is 4.48. The maximum absolute atomic E-state index is 12.0. The Morgan fingerprint density at radius 1 is 1.18 bits per heavy atom. The molecule has 0 N–H and O–H groups in total. The number of hydrogen-bond donors (Lipinski definition) is 0. The summed E-state index contributed by atoms with van der Waals surface area (Å²) < 4.78 is 10.7. The van der Waals surface area contributed by atoms with E-state index in [-0.39, 0.29) is 11.2 Å². The summed E-state index contributed by atoms with van der Waals surface area (Å²) in [7, 11) is 0.404. The third-order valence-electron chi connectivity index (χ3n) is 2.35. The summed E-state index contributed by atoms with van der Waals surface area (Å²) in [5.74, 6) is 0.881. The van der Waals surface area contributed by atoms with Gasteiger partial charge in [0.15, 0.2) is 5.78 Å². The van der Waals surface area contributed by atoms with E-state index in [2.05, 4.69) is 0 Å². The third-order valence-corrected chi connectivity index (χ3v) is 3.44. The number of hydrogen-bond acceptors (Lipinski definition) is 3. The van der Waals surface area contributed by atoms with E-state index in [1.54, 1.807) is 19.2 Å². The monoisotopic (exact) mass is 251 g/mol. The van der Waals surface area contributed by atoms with E-state index >= 15 is 0 Å². The molecule has 0 aliphatic carbocycles. The Morgan fingerprint density at radius 2 is 1.71 bits per heavy atom. The molecule has 1 aromatic carbocycles. The number of benzene rings is 1. The molecule has 0 spiro atoms. The zero-order valence-corrected chi connectivity index (χ0v) is 12.0. The van der Waals surface area contributed by atoms with Crippen molar-refractivity contribution in [2.24, 2.45) is 5.41 Å². The van der Waals surface area contributed by atoms with E-state index in [0.717, 1.165) is 5.75 Å². The molecule has 4 heteroatoms. The topological polar surface area (TPSA) is 35.5 Å². The molecular weight excluding hydrogens is 232 g/mol. The van der Waals surface area contributed by atoms with Crippen molar-refractivity contribution in [3.8, 4) is 5.75 Å². The second-order valence-electron chi connectivity index (χ2n) is 4.90. The van der Waals surface area contributed by atoms with E-state index in [1.165, 1.54) is 0 Å². The van der Waals surface area contributed by atoms with Gasteiger partial charge in [-0.05, 0) is 30.8 Å². The number of rotatable bonds is 4. The summed E-state index contributed by atoms with van der Waals surface area (Å²) in [5, 5.41) is 0. The highest BCUT2D eigenvalue weighted by Crippen LogP contribution is 2.22. The number of carbonyl (C=O) groups is 1. The van der Waals surface area contributed by atoms with Gasteiger partial charge in [-0.25, -0.2) is 0 Å². The van der Waals surface area contributed by atoms with Crippen molar-refractivity contribution in [1.82, 2.24) is 0 Å². The maximum atomic E-state index is 12.0. The van der Waals surface area contributed by atoms with Crippen LogP contribution in [0.25, 0.3) is 0 Å². The van der Waals surface area contributed by atoms with Crippen molar-refractivity contribution in [2.75, 3.05) is 7.11 Å². The molecule has 0 bridgehead atoms. The van der Waals surface area contributed by atoms with Crippen molar-refractivity contribution in [2.45, 2.75) is 27.3 Å². The molecule has 0 aromatic heterocycles. The summed E-state index contributed by atoms with van der Waals surface area (Å²) in [6.45, 7) is 7.66. The summed E-state index contributed by atoms with van der Waals surface area (Å²) in [4.78, 5) is 12.0. The fourth-order valence-corrected chi connectivity index (χ4v) is 1.87. The first kappa shape index (κ1) is 13.9. The third kappa shape index (κ3) is 3.98. The SMILES string of the molecule is CO[Si](C)Oc1ccc(C(=O)C(C)(C)C)cc1. The van der Waals surface area contributed by atoms with Gasteiger partial charge >= 0.3 is 9.28 Å². The van der Waals surface area contributed by atoms with E-state index in [0.29, 0.717) is 5.56 Å². The lowest BCUT2D eigenvalue weighted by Crippen LogP contribution is -2.21. The van der Waals surface area contributed by atoms with Crippen LogP contribution in [0.3, 0.4) is 0 Å². The minimum absolute atomic E-state index is 0.137. The molecule has 1 rings (SSSR count). The highest BCUT2D eigenvalue weighted by molar-refractivity contribution is 6.43. The average molecular weight is 251 g/mol. The molecular formula is C13H19O3Si. The van der Waals surface area contributed by atoms with Crippen LogP contribution >= 0.6 is 0 Å². The molecule has 0 aliphatic rings. The lowest BCUT2D eigenvalue weighted by Gasteiger charge is -2.17. The van der Waals surface area contributed by atoms with Gasteiger partial charge in [-0.15, -0.1) is 0 Å². The number of Topliss-reactive ketones (excluding diaryl/α,β-unsaturated/α-hetero) is 1. The van der Waals surface area contributed by atoms with E-state index in [1.807, 2.05) is 39.5 Å². The van der Waals surface area contributed by atoms with Crippen LogP contribution in [0.15, 0.2) is 24.3 Å².